The average Bonchev–Trinajstić information content (AvgIpc) is 2.60. The second kappa shape index (κ2) is 6.54. The lowest BCUT2D eigenvalue weighted by Gasteiger charge is -2.18. The number of benzene rings is 1. The Bertz CT molecular complexity index is 1040. The number of aromatic nitrogens is 1. The highest BCUT2D eigenvalue weighted by Gasteiger charge is 2.49. The number of anilines is 2. The number of ether oxygens (including phenoxy) is 1. The molecule has 0 bridgehead atoms. The Hall–Kier alpha value is -3.15. The second-order valence-corrected chi connectivity index (χ2v) is 7.16. The van der Waals surface area contributed by atoms with Gasteiger partial charge in [0.1, 0.15) is 5.75 Å². The van der Waals surface area contributed by atoms with Gasteiger partial charge in [-0.1, -0.05) is 0 Å². The van der Waals surface area contributed by atoms with Gasteiger partial charge in [0.2, 0.25) is 0 Å². The van der Waals surface area contributed by atoms with Gasteiger partial charge in [0.25, 0.3) is 21.7 Å². The number of amides is 2. The van der Waals surface area contributed by atoms with E-state index in [9.17, 15) is 31.2 Å². The van der Waals surface area contributed by atoms with E-state index in [1.54, 1.807) is 0 Å². The number of hydrogen-bond donors (Lipinski definition) is 2. The molecule has 27 heavy (non-hydrogen) atoms. The van der Waals surface area contributed by atoms with Crippen LogP contribution in [0.5, 0.6) is 5.75 Å². The summed E-state index contributed by atoms with van der Waals surface area (Å²) in [5, 5.41) is 3.37. The second-order valence-electron chi connectivity index (χ2n) is 5.31. The molecule has 8 nitrogen and oxygen atoms in total. The molecule has 2 amide bonds. The first kappa shape index (κ1) is 18.6. The third-order valence-electron chi connectivity index (χ3n) is 3.45. The fraction of sp³-hybridized carbons (Fsp3) is 0.133. The highest BCUT2D eigenvalue weighted by Crippen LogP contribution is 2.32. The van der Waals surface area contributed by atoms with Crippen molar-refractivity contribution in [3.8, 4) is 5.75 Å². The molecule has 0 atom stereocenters. The first-order valence-electron chi connectivity index (χ1n) is 7.24. The van der Waals surface area contributed by atoms with Crippen molar-refractivity contribution in [1.29, 1.82) is 0 Å². The van der Waals surface area contributed by atoms with Crippen molar-refractivity contribution in [3.05, 3.63) is 42.1 Å². The summed E-state index contributed by atoms with van der Waals surface area (Å²) >= 11 is 0. The first-order valence-corrected chi connectivity index (χ1v) is 8.72. The Balaban J connectivity index is 1.93. The molecule has 1 aromatic heterocycles. The first-order chi connectivity index (χ1) is 12.6. The number of nitrogens with zero attached hydrogens (tertiary/aromatic N) is 1. The van der Waals surface area contributed by atoms with Crippen molar-refractivity contribution in [3.63, 3.8) is 0 Å². The van der Waals surface area contributed by atoms with Crippen molar-refractivity contribution < 1.29 is 35.9 Å². The van der Waals surface area contributed by atoms with Crippen LogP contribution in [-0.4, -0.2) is 37.3 Å². The molecule has 2 aromatic rings. The average molecular weight is 401 g/mol. The van der Waals surface area contributed by atoms with Crippen LogP contribution in [0.25, 0.3) is 0 Å². The fourth-order valence-electron chi connectivity index (χ4n) is 2.25. The van der Waals surface area contributed by atoms with Crippen molar-refractivity contribution >= 4 is 33.0 Å². The maximum atomic E-state index is 12.8. The van der Waals surface area contributed by atoms with Gasteiger partial charge in [-0.15, -0.1) is 0 Å². The largest absolute Gasteiger partial charge is 0.503 e. The predicted octanol–water partition coefficient (Wildman–Crippen LogP) is 1.96. The molecule has 1 aliphatic heterocycles. The number of halogens is 3. The van der Waals surface area contributed by atoms with Gasteiger partial charge in [-0.2, -0.15) is 13.2 Å². The summed E-state index contributed by atoms with van der Waals surface area (Å²) in [6, 6.07) is 6.16. The lowest BCUT2D eigenvalue weighted by molar-refractivity contribution is -0.118. The molecule has 2 heterocycles. The van der Waals surface area contributed by atoms with Crippen molar-refractivity contribution in [2.24, 2.45) is 0 Å². The van der Waals surface area contributed by atoms with E-state index < -0.39 is 37.7 Å². The van der Waals surface area contributed by atoms with E-state index in [2.05, 4.69) is 15.6 Å². The standard InChI is InChI=1S/C15H10F3N3O5S/c16-15(17,18)27(24,25)14-9(2-1-5-19-14)13(23)20-8-3-4-11-10(6-8)21-12(22)7-26-11/h1-6H,7H2,(H,20,23)(H,21,22). The number of alkyl halides is 3. The smallest absolute Gasteiger partial charge is 0.482 e. The summed E-state index contributed by atoms with van der Waals surface area (Å²) in [5.74, 6) is -1.19. The molecule has 0 aliphatic carbocycles. The fourth-order valence-corrected chi connectivity index (χ4v) is 3.12. The number of nitrogens with one attached hydrogen (secondary N) is 2. The Morgan fingerprint density at radius 2 is 2.00 bits per heavy atom. The SMILES string of the molecule is O=C1COc2ccc(NC(=O)c3cccnc3S(=O)(=O)C(F)(F)F)cc2N1. The van der Waals surface area contributed by atoms with Crippen LogP contribution in [-0.2, 0) is 14.6 Å². The van der Waals surface area contributed by atoms with Crippen molar-refractivity contribution in [2.75, 3.05) is 17.2 Å². The van der Waals surface area contributed by atoms with Gasteiger partial charge < -0.3 is 15.4 Å². The van der Waals surface area contributed by atoms with E-state index in [-0.39, 0.29) is 18.0 Å². The molecule has 12 heteroatoms. The van der Waals surface area contributed by atoms with E-state index in [1.807, 2.05) is 0 Å². The number of rotatable bonds is 3. The van der Waals surface area contributed by atoms with Crippen LogP contribution in [0.4, 0.5) is 24.5 Å². The molecule has 1 aromatic carbocycles. The summed E-state index contributed by atoms with van der Waals surface area (Å²) in [4.78, 5) is 26.9. The highest BCUT2D eigenvalue weighted by molar-refractivity contribution is 7.92. The van der Waals surface area contributed by atoms with Crippen LogP contribution in [0.15, 0.2) is 41.6 Å². The summed E-state index contributed by atoms with van der Waals surface area (Å²) in [7, 11) is -5.81. The maximum Gasteiger partial charge on any atom is 0.503 e. The minimum atomic E-state index is -5.81. The van der Waals surface area contributed by atoms with Crippen LogP contribution in [0.3, 0.4) is 0 Å². The van der Waals surface area contributed by atoms with E-state index >= 15 is 0 Å². The van der Waals surface area contributed by atoms with Gasteiger partial charge in [0.05, 0.1) is 11.3 Å². The van der Waals surface area contributed by atoms with Crippen LogP contribution in [0, 0.1) is 0 Å². The van der Waals surface area contributed by atoms with Gasteiger partial charge in [-0.3, -0.25) is 9.59 Å². The Labute approximate surface area is 150 Å². The minimum Gasteiger partial charge on any atom is -0.482 e. The third kappa shape index (κ3) is 3.56. The molecule has 142 valence electrons. The van der Waals surface area contributed by atoms with Gasteiger partial charge in [-0.25, -0.2) is 13.4 Å². The van der Waals surface area contributed by atoms with Crippen LogP contribution in [0.1, 0.15) is 10.4 Å². The molecular weight excluding hydrogens is 391 g/mol. The van der Waals surface area contributed by atoms with Gasteiger partial charge in [-0.05, 0) is 30.3 Å². The highest BCUT2D eigenvalue weighted by atomic mass is 32.2. The number of fused-ring (bicyclic) bond motifs is 1. The van der Waals surface area contributed by atoms with Crippen LogP contribution in [0.2, 0.25) is 0 Å². The van der Waals surface area contributed by atoms with E-state index in [1.165, 1.54) is 18.2 Å². The lowest BCUT2D eigenvalue weighted by Crippen LogP contribution is -2.27. The zero-order chi connectivity index (χ0) is 19.8. The molecule has 3 rings (SSSR count). The van der Waals surface area contributed by atoms with Gasteiger partial charge in [0.15, 0.2) is 11.6 Å². The normalized spacial score (nSPS) is 14.0. The zero-order valence-electron chi connectivity index (χ0n) is 13.2. The topological polar surface area (TPSA) is 114 Å². The predicted molar refractivity (Wildman–Crippen MR) is 86.0 cm³/mol. The summed E-state index contributed by atoms with van der Waals surface area (Å²) in [6.07, 6.45) is 0.834. The minimum absolute atomic E-state index is 0.101. The molecule has 2 N–H and O–H groups in total. The van der Waals surface area contributed by atoms with Gasteiger partial charge >= 0.3 is 5.51 Å². The number of sulfone groups is 1. The number of carbonyl (C=O) groups excluding carboxylic acids is 2. The molecule has 0 saturated carbocycles. The van der Waals surface area contributed by atoms with Crippen molar-refractivity contribution in [2.45, 2.75) is 10.5 Å². The Morgan fingerprint density at radius 1 is 1.26 bits per heavy atom. The quantitative estimate of drug-likeness (QED) is 0.813. The van der Waals surface area contributed by atoms with Crippen LogP contribution < -0.4 is 15.4 Å². The summed E-state index contributed by atoms with van der Waals surface area (Å²) in [5.41, 5.74) is -6.03. The summed E-state index contributed by atoms with van der Waals surface area (Å²) < 4.78 is 66.8. The Kier molecular flexibility index (Phi) is 4.51. The maximum absolute atomic E-state index is 12.8. The van der Waals surface area contributed by atoms with Crippen molar-refractivity contribution in [1.82, 2.24) is 4.98 Å². The van der Waals surface area contributed by atoms with E-state index in [0.29, 0.717) is 5.75 Å². The monoisotopic (exact) mass is 401 g/mol. The Morgan fingerprint density at radius 3 is 2.70 bits per heavy atom. The molecular formula is C15H10F3N3O5S. The molecule has 0 saturated heterocycles. The van der Waals surface area contributed by atoms with E-state index in [4.69, 9.17) is 4.74 Å². The van der Waals surface area contributed by atoms with Gasteiger partial charge in [0, 0.05) is 11.9 Å². The van der Waals surface area contributed by atoms with Crippen LogP contribution >= 0.6 is 0 Å². The molecule has 0 fully saturated rings. The molecule has 0 unspecified atom stereocenters. The number of pyridine rings is 1. The number of carbonyl (C=O) groups is 2. The zero-order valence-corrected chi connectivity index (χ0v) is 14.0. The molecule has 0 spiro atoms. The molecule has 0 radical (unpaired) electrons. The number of hydrogen-bond acceptors (Lipinski definition) is 6. The summed E-state index contributed by atoms with van der Waals surface area (Å²) in [6.45, 7) is -0.174. The lowest BCUT2D eigenvalue weighted by atomic mass is 10.2. The third-order valence-corrected chi connectivity index (χ3v) is 4.89. The van der Waals surface area contributed by atoms with E-state index in [0.717, 1.165) is 18.3 Å². The molecule has 1 aliphatic rings.